The van der Waals surface area contributed by atoms with Gasteiger partial charge in [-0.1, -0.05) is 0 Å². The number of aromatic nitrogens is 3. The molecule has 1 amide bonds. The molecule has 106 valence electrons. The van der Waals surface area contributed by atoms with Crippen molar-refractivity contribution in [2.45, 2.75) is 4.90 Å². The van der Waals surface area contributed by atoms with Gasteiger partial charge >= 0.3 is 0 Å². The van der Waals surface area contributed by atoms with Gasteiger partial charge in [0.05, 0.1) is 4.90 Å². The highest BCUT2D eigenvalue weighted by Gasteiger charge is 2.13. The molecule has 10 heteroatoms. The van der Waals surface area contributed by atoms with Crippen LogP contribution in [0.4, 0.5) is 11.6 Å². The van der Waals surface area contributed by atoms with E-state index < -0.39 is 15.9 Å². The minimum Gasteiger partial charge on any atom is -0.366 e. The molecule has 0 saturated carbocycles. The number of sulfonamides is 1. The average molecular weight is 296 g/mol. The number of carbonyl (C=O) groups is 1. The minimum atomic E-state index is -3.50. The van der Waals surface area contributed by atoms with Crippen LogP contribution in [0.3, 0.4) is 0 Å². The molecule has 0 aliphatic rings. The van der Waals surface area contributed by atoms with E-state index in [1.165, 1.54) is 31.3 Å². The monoisotopic (exact) mass is 296 g/mol. The van der Waals surface area contributed by atoms with Gasteiger partial charge in [0.1, 0.15) is 0 Å². The van der Waals surface area contributed by atoms with Gasteiger partial charge in [-0.25, -0.2) is 13.1 Å². The third-order valence-electron chi connectivity index (χ3n) is 2.41. The van der Waals surface area contributed by atoms with E-state index >= 15 is 0 Å². The first-order valence-electron chi connectivity index (χ1n) is 5.45. The molecule has 9 nitrogen and oxygen atoms in total. The fourth-order valence-corrected chi connectivity index (χ4v) is 2.13. The van der Waals surface area contributed by atoms with Gasteiger partial charge < -0.3 is 11.1 Å². The zero-order valence-corrected chi connectivity index (χ0v) is 11.2. The highest BCUT2D eigenvalue weighted by atomic mass is 32.2. The maximum absolute atomic E-state index is 11.7. The first-order chi connectivity index (χ1) is 9.42. The number of carbonyl (C=O) groups excluding carboxylic acids is 1. The smallest absolute Gasteiger partial charge is 0.293 e. The second kappa shape index (κ2) is 5.27. The number of H-pyrrole nitrogens is 1. The first kappa shape index (κ1) is 14.0. The molecular weight excluding hydrogens is 284 g/mol. The van der Waals surface area contributed by atoms with Gasteiger partial charge in [0.2, 0.25) is 21.8 Å². The lowest BCUT2D eigenvalue weighted by molar-refractivity contribution is 0.101. The Kier molecular flexibility index (Phi) is 3.68. The Labute approximate surface area is 114 Å². The van der Waals surface area contributed by atoms with Crippen LogP contribution in [-0.2, 0) is 10.0 Å². The van der Waals surface area contributed by atoms with E-state index in [9.17, 15) is 13.2 Å². The predicted octanol–water partition coefficient (Wildman–Crippen LogP) is -0.453. The fourth-order valence-electron chi connectivity index (χ4n) is 1.40. The van der Waals surface area contributed by atoms with E-state index in [0.29, 0.717) is 5.69 Å². The summed E-state index contributed by atoms with van der Waals surface area (Å²) < 4.78 is 25.2. The molecule has 0 atom stereocenters. The fraction of sp³-hybridized carbons (Fsp3) is 0.100. The highest BCUT2D eigenvalue weighted by molar-refractivity contribution is 7.89. The largest absolute Gasteiger partial charge is 0.366 e. The number of amides is 1. The lowest BCUT2D eigenvalue weighted by atomic mass is 10.3. The number of anilines is 2. The Morgan fingerprint density at radius 2 is 1.95 bits per heavy atom. The maximum Gasteiger partial charge on any atom is 0.293 e. The van der Waals surface area contributed by atoms with E-state index in [0.717, 1.165) is 0 Å². The molecule has 0 saturated heterocycles. The number of rotatable bonds is 4. The molecule has 0 aliphatic carbocycles. The zero-order chi connectivity index (χ0) is 14.8. The van der Waals surface area contributed by atoms with Crippen molar-refractivity contribution in [1.29, 1.82) is 0 Å². The number of nitrogens with one attached hydrogen (secondary N) is 3. The summed E-state index contributed by atoms with van der Waals surface area (Å²) in [6.45, 7) is 0. The van der Waals surface area contributed by atoms with Gasteiger partial charge in [0, 0.05) is 5.69 Å². The molecule has 0 radical (unpaired) electrons. The Morgan fingerprint density at radius 3 is 2.45 bits per heavy atom. The molecular formula is C10H12N6O3S. The topological polar surface area (TPSA) is 143 Å². The molecule has 20 heavy (non-hydrogen) atoms. The summed E-state index contributed by atoms with van der Waals surface area (Å²) in [6, 6.07) is 5.66. The summed E-state index contributed by atoms with van der Waals surface area (Å²) in [6.07, 6.45) is 0. The molecule has 0 aliphatic heterocycles. The van der Waals surface area contributed by atoms with E-state index in [1.54, 1.807) is 0 Å². The van der Waals surface area contributed by atoms with Crippen molar-refractivity contribution in [3.05, 3.63) is 30.1 Å². The second-order valence-corrected chi connectivity index (χ2v) is 5.61. The van der Waals surface area contributed by atoms with Crippen LogP contribution in [0.1, 0.15) is 10.6 Å². The molecule has 1 aromatic carbocycles. The zero-order valence-electron chi connectivity index (χ0n) is 10.4. The van der Waals surface area contributed by atoms with Gasteiger partial charge in [-0.15, -0.1) is 5.10 Å². The van der Waals surface area contributed by atoms with Gasteiger partial charge in [0.15, 0.2) is 0 Å². The Balaban J connectivity index is 2.14. The normalized spacial score (nSPS) is 11.2. The summed E-state index contributed by atoms with van der Waals surface area (Å²) in [5, 5.41) is 8.42. The van der Waals surface area contributed by atoms with E-state index in [-0.39, 0.29) is 16.7 Å². The van der Waals surface area contributed by atoms with E-state index in [2.05, 4.69) is 25.2 Å². The predicted molar refractivity (Wildman–Crippen MR) is 71.4 cm³/mol. The lowest BCUT2D eigenvalue weighted by Crippen LogP contribution is -2.18. The van der Waals surface area contributed by atoms with Crippen LogP contribution in [-0.4, -0.2) is 36.6 Å². The van der Waals surface area contributed by atoms with Crippen LogP contribution >= 0.6 is 0 Å². The summed E-state index contributed by atoms with van der Waals surface area (Å²) in [5.41, 5.74) is 5.70. The van der Waals surface area contributed by atoms with Crippen LogP contribution in [0.15, 0.2) is 29.2 Å². The molecule has 0 bridgehead atoms. The number of nitrogens with zero attached hydrogens (tertiary/aromatic N) is 2. The number of hydrogen-bond donors (Lipinski definition) is 4. The SMILES string of the molecule is CNS(=O)(=O)c1ccc(NC(=O)c2nc(N)n[nH]2)cc1. The summed E-state index contributed by atoms with van der Waals surface area (Å²) in [4.78, 5) is 15.5. The number of hydrogen-bond acceptors (Lipinski definition) is 6. The number of nitrogen functional groups attached to an aromatic ring is 1. The van der Waals surface area contributed by atoms with Crippen LogP contribution < -0.4 is 15.8 Å². The standard InChI is InChI=1S/C10H12N6O3S/c1-12-20(18,19)7-4-2-6(3-5-7)13-9(17)8-14-10(11)16-15-8/h2-5,12H,1H3,(H,13,17)(H3,11,14,15,16). The van der Waals surface area contributed by atoms with Crippen LogP contribution in [0.2, 0.25) is 0 Å². The molecule has 0 unspecified atom stereocenters. The van der Waals surface area contributed by atoms with Crippen LogP contribution in [0, 0.1) is 0 Å². The number of nitrogens with two attached hydrogens (primary N) is 1. The van der Waals surface area contributed by atoms with Crippen molar-refractivity contribution in [3.63, 3.8) is 0 Å². The van der Waals surface area contributed by atoms with Crippen LogP contribution in [0.25, 0.3) is 0 Å². The Morgan fingerprint density at radius 1 is 1.30 bits per heavy atom. The van der Waals surface area contributed by atoms with Crippen molar-refractivity contribution >= 4 is 27.6 Å². The number of aromatic amines is 1. The molecule has 2 aromatic rings. The van der Waals surface area contributed by atoms with Gasteiger partial charge in [0.25, 0.3) is 5.91 Å². The Hall–Kier alpha value is -2.46. The molecule has 5 N–H and O–H groups in total. The summed E-state index contributed by atoms with van der Waals surface area (Å²) >= 11 is 0. The van der Waals surface area contributed by atoms with Crippen molar-refractivity contribution in [2.75, 3.05) is 18.1 Å². The third-order valence-corrected chi connectivity index (χ3v) is 3.84. The highest BCUT2D eigenvalue weighted by Crippen LogP contribution is 2.14. The van der Waals surface area contributed by atoms with E-state index in [4.69, 9.17) is 5.73 Å². The molecule has 1 aromatic heterocycles. The van der Waals surface area contributed by atoms with Crippen molar-refractivity contribution in [2.24, 2.45) is 0 Å². The van der Waals surface area contributed by atoms with Gasteiger partial charge in [-0.05, 0) is 31.3 Å². The summed E-state index contributed by atoms with van der Waals surface area (Å²) in [7, 11) is -2.18. The lowest BCUT2D eigenvalue weighted by Gasteiger charge is -2.05. The molecule has 0 spiro atoms. The maximum atomic E-state index is 11.7. The van der Waals surface area contributed by atoms with Crippen molar-refractivity contribution < 1.29 is 13.2 Å². The Bertz CT molecular complexity index is 722. The average Bonchev–Trinajstić information content (AvgIpc) is 2.86. The van der Waals surface area contributed by atoms with Gasteiger partial charge in [-0.2, -0.15) is 4.98 Å². The van der Waals surface area contributed by atoms with Crippen molar-refractivity contribution in [1.82, 2.24) is 19.9 Å². The number of benzene rings is 1. The van der Waals surface area contributed by atoms with Crippen LogP contribution in [0.5, 0.6) is 0 Å². The van der Waals surface area contributed by atoms with Gasteiger partial charge in [-0.3, -0.25) is 9.89 Å². The quantitative estimate of drug-likeness (QED) is 0.601. The molecule has 0 fully saturated rings. The minimum absolute atomic E-state index is 0.0329. The molecule has 2 rings (SSSR count). The first-order valence-corrected chi connectivity index (χ1v) is 6.93. The molecule has 1 heterocycles. The third kappa shape index (κ3) is 2.92. The summed E-state index contributed by atoms with van der Waals surface area (Å²) in [5.74, 6) is -0.599. The van der Waals surface area contributed by atoms with E-state index in [1.807, 2.05) is 0 Å². The van der Waals surface area contributed by atoms with Crippen molar-refractivity contribution in [3.8, 4) is 0 Å². The second-order valence-electron chi connectivity index (χ2n) is 3.73.